The van der Waals surface area contributed by atoms with E-state index in [0.29, 0.717) is 17.8 Å². The standard InChI is InChI=1S/C12H17N3O3S/c1-7(13)10-14-8(6-19-10)9(16)15-12(11(17)18)4-2-3-5-12/h6-7H,2-5,13H2,1H3,(H,15,16)(H,17,18). The molecule has 1 aromatic heterocycles. The minimum absolute atomic E-state index is 0.230. The molecule has 6 nitrogen and oxygen atoms in total. The Hall–Kier alpha value is -1.47. The largest absolute Gasteiger partial charge is 0.480 e. The molecule has 19 heavy (non-hydrogen) atoms. The molecule has 0 bridgehead atoms. The lowest BCUT2D eigenvalue weighted by Crippen LogP contribution is -2.52. The molecule has 0 radical (unpaired) electrons. The molecule has 2 rings (SSSR count). The molecule has 7 heteroatoms. The summed E-state index contributed by atoms with van der Waals surface area (Å²) in [5, 5.41) is 14.2. The molecular formula is C12H17N3O3S. The van der Waals surface area contributed by atoms with E-state index in [2.05, 4.69) is 10.3 Å². The number of nitrogens with one attached hydrogen (secondary N) is 1. The van der Waals surface area contributed by atoms with Crippen molar-refractivity contribution in [1.82, 2.24) is 10.3 Å². The van der Waals surface area contributed by atoms with E-state index in [1.54, 1.807) is 12.3 Å². The molecule has 1 unspecified atom stereocenters. The summed E-state index contributed by atoms with van der Waals surface area (Å²) in [5.41, 5.74) is 4.80. The van der Waals surface area contributed by atoms with Crippen LogP contribution >= 0.6 is 11.3 Å². The van der Waals surface area contributed by atoms with Gasteiger partial charge in [0.05, 0.1) is 6.04 Å². The SMILES string of the molecule is CC(N)c1nc(C(=O)NC2(C(=O)O)CCCC2)cs1. The van der Waals surface area contributed by atoms with Gasteiger partial charge < -0.3 is 16.2 Å². The van der Waals surface area contributed by atoms with Gasteiger partial charge >= 0.3 is 5.97 Å². The van der Waals surface area contributed by atoms with E-state index in [9.17, 15) is 14.7 Å². The van der Waals surface area contributed by atoms with Gasteiger partial charge in [-0.05, 0) is 19.8 Å². The first-order valence-electron chi connectivity index (χ1n) is 6.21. The van der Waals surface area contributed by atoms with E-state index in [0.717, 1.165) is 12.8 Å². The Morgan fingerprint density at radius 3 is 2.63 bits per heavy atom. The highest BCUT2D eigenvalue weighted by atomic mass is 32.1. The van der Waals surface area contributed by atoms with Crippen LogP contribution in [0.3, 0.4) is 0 Å². The normalized spacial score (nSPS) is 19.1. The summed E-state index contributed by atoms with van der Waals surface area (Å²) < 4.78 is 0. The number of carboxylic acids is 1. The van der Waals surface area contributed by atoms with Gasteiger partial charge in [0.15, 0.2) is 0 Å². The van der Waals surface area contributed by atoms with Crippen LogP contribution in [0.4, 0.5) is 0 Å². The van der Waals surface area contributed by atoms with E-state index in [4.69, 9.17) is 5.73 Å². The molecule has 0 aromatic carbocycles. The van der Waals surface area contributed by atoms with Gasteiger partial charge in [0, 0.05) is 5.38 Å². The number of amides is 1. The smallest absolute Gasteiger partial charge is 0.329 e. The fraction of sp³-hybridized carbons (Fsp3) is 0.583. The second-order valence-corrected chi connectivity index (χ2v) is 5.80. The van der Waals surface area contributed by atoms with Gasteiger partial charge in [-0.25, -0.2) is 9.78 Å². The van der Waals surface area contributed by atoms with Crippen molar-refractivity contribution in [3.63, 3.8) is 0 Å². The molecule has 1 saturated carbocycles. The Balaban J connectivity index is 2.13. The van der Waals surface area contributed by atoms with Crippen LogP contribution < -0.4 is 11.1 Å². The summed E-state index contributed by atoms with van der Waals surface area (Å²) in [6.07, 6.45) is 2.57. The number of hydrogen-bond donors (Lipinski definition) is 3. The Morgan fingerprint density at radius 1 is 1.53 bits per heavy atom. The van der Waals surface area contributed by atoms with Gasteiger partial charge in [-0.3, -0.25) is 4.79 Å². The van der Waals surface area contributed by atoms with Crippen LogP contribution in [-0.4, -0.2) is 27.5 Å². The lowest BCUT2D eigenvalue weighted by molar-refractivity contribution is -0.144. The van der Waals surface area contributed by atoms with Crippen LogP contribution in [0, 0.1) is 0 Å². The summed E-state index contributed by atoms with van der Waals surface area (Å²) in [6, 6.07) is -0.230. The Bertz CT molecular complexity index is 492. The summed E-state index contributed by atoms with van der Waals surface area (Å²) in [4.78, 5) is 27.6. The molecule has 1 aliphatic carbocycles. The fourth-order valence-electron chi connectivity index (χ4n) is 2.25. The summed E-state index contributed by atoms with van der Waals surface area (Å²) in [6.45, 7) is 1.79. The van der Waals surface area contributed by atoms with Gasteiger partial charge in [-0.2, -0.15) is 0 Å². The minimum atomic E-state index is -1.13. The number of nitrogens with two attached hydrogens (primary N) is 1. The monoisotopic (exact) mass is 283 g/mol. The zero-order valence-corrected chi connectivity index (χ0v) is 11.5. The van der Waals surface area contributed by atoms with Crippen molar-refractivity contribution in [2.45, 2.75) is 44.2 Å². The summed E-state index contributed by atoms with van der Waals surface area (Å²) >= 11 is 1.31. The maximum atomic E-state index is 12.1. The van der Waals surface area contributed by atoms with Crippen molar-refractivity contribution in [3.8, 4) is 0 Å². The number of thiazole rings is 1. The zero-order chi connectivity index (χ0) is 14.0. The maximum absolute atomic E-state index is 12.1. The lowest BCUT2D eigenvalue weighted by atomic mass is 9.98. The van der Waals surface area contributed by atoms with E-state index in [1.165, 1.54) is 11.3 Å². The maximum Gasteiger partial charge on any atom is 0.329 e. The fourth-order valence-corrected chi connectivity index (χ4v) is 3.01. The Labute approximate surface area is 115 Å². The Morgan fingerprint density at radius 2 is 2.16 bits per heavy atom. The van der Waals surface area contributed by atoms with Crippen LogP contribution in [0.5, 0.6) is 0 Å². The number of aromatic nitrogens is 1. The quantitative estimate of drug-likeness (QED) is 0.772. The van der Waals surface area contributed by atoms with E-state index in [-0.39, 0.29) is 11.7 Å². The first-order valence-corrected chi connectivity index (χ1v) is 7.09. The van der Waals surface area contributed by atoms with Gasteiger partial charge in [0.25, 0.3) is 5.91 Å². The number of carbonyl (C=O) groups is 2. The van der Waals surface area contributed by atoms with Crippen LogP contribution in [0.1, 0.15) is 54.1 Å². The van der Waals surface area contributed by atoms with Crippen molar-refractivity contribution >= 4 is 23.2 Å². The average molecular weight is 283 g/mol. The molecule has 1 aromatic rings. The third-order valence-electron chi connectivity index (χ3n) is 3.36. The van der Waals surface area contributed by atoms with Crippen LogP contribution in [0.15, 0.2) is 5.38 Å². The van der Waals surface area contributed by atoms with Crippen molar-refractivity contribution in [1.29, 1.82) is 0 Å². The van der Waals surface area contributed by atoms with Crippen molar-refractivity contribution in [2.75, 3.05) is 0 Å². The first-order chi connectivity index (χ1) is 8.94. The number of carbonyl (C=O) groups excluding carboxylic acids is 1. The third-order valence-corrected chi connectivity index (χ3v) is 4.41. The average Bonchev–Trinajstić information content (AvgIpc) is 2.97. The van der Waals surface area contributed by atoms with Crippen molar-refractivity contribution in [3.05, 3.63) is 16.1 Å². The minimum Gasteiger partial charge on any atom is -0.480 e. The van der Waals surface area contributed by atoms with Gasteiger partial charge in [0.2, 0.25) is 0 Å². The third kappa shape index (κ3) is 2.76. The van der Waals surface area contributed by atoms with Crippen LogP contribution in [0.25, 0.3) is 0 Å². The van der Waals surface area contributed by atoms with Gasteiger partial charge in [0.1, 0.15) is 16.2 Å². The number of rotatable bonds is 4. The topological polar surface area (TPSA) is 105 Å². The van der Waals surface area contributed by atoms with Gasteiger partial charge in [-0.1, -0.05) is 12.8 Å². The highest BCUT2D eigenvalue weighted by molar-refractivity contribution is 7.09. The molecule has 0 saturated heterocycles. The number of carboxylic acid groups (broad SMARTS) is 1. The van der Waals surface area contributed by atoms with Crippen molar-refractivity contribution in [2.24, 2.45) is 5.73 Å². The Kier molecular flexibility index (Phi) is 3.86. The molecular weight excluding hydrogens is 266 g/mol. The molecule has 1 atom stereocenters. The first kappa shape index (κ1) is 14.0. The molecule has 1 amide bonds. The van der Waals surface area contributed by atoms with Crippen molar-refractivity contribution < 1.29 is 14.7 Å². The van der Waals surface area contributed by atoms with E-state index >= 15 is 0 Å². The molecule has 104 valence electrons. The molecule has 1 fully saturated rings. The number of nitrogens with zero attached hydrogens (tertiary/aromatic N) is 1. The number of aliphatic carboxylic acids is 1. The summed E-state index contributed by atoms with van der Waals surface area (Å²) in [7, 11) is 0. The van der Waals surface area contributed by atoms with Gasteiger partial charge in [-0.15, -0.1) is 11.3 Å². The predicted octanol–water partition coefficient (Wildman–Crippen LogP) is 1.29. The second kappa shape index (κ2) is 5.26. The molecule has 0 spiro atoms. The number of hydrogen-bond acceptors (Lipinski definition) is 5. The zero-order valence-electron chi connectivity index (χ0n) is 10.7. The lowest BCUT2D eigenvalue weighted by Gasteiger charge is -2.24. The summed E-state index contributed by atoms with van der Waals surface area (Å²) in [5.74, 6) is -1.41. The molecule has 1 heterocycles. The van der Waals surface area contributed by atoms with Crippen LogP contribution in [-0.2, 0) is 4.79 Å². The highest BCUT2D eigenvalue weighted by Gasteiger charge is 2.43. The predicted molar refractivity (Wildman–Crippen MR) is 71.0 cm³/mol. The molecule has 4 N–H and O–H groups in total. The molecule has 0 aliphatic heterocycles. The highest BCUT2D eigenvalue weighted by Crippen LogP contribution is 2.30. The van der Waals surface area contributed by atoms with Crippen LogP contribution in [0.2, 0.25) is 0 Å². The van der Waals surface area contributed by atoms with E-state index in [1.807, 2.05) is 0 Å². The molecule has 1 aliphatic rings. The second-order valence-electron chi connectivity index (χ2n) is 4.91. The van der Waals surface area contributed by atoms with E-state index < -0.39 is 17.4 Å².